The van der Waals surface area contributed by atoms with Crippen molar-refractivity contribution in [1.82, 2.24) is 4.90 Å². The van der Waals surface area contributed by atoms with Gasteiger partial charge in [-0.25, -0.2) is 0 Å². The molecule has 4 heteroatoms. The van der Waals surface area contributed by atoms with Crippen LogP contribution in [0.2, 0.25) is 5.02 Å². The van der Waals surface area contributed by atoms with E-state index in [1.165, 1.54) is 12.8 Å². The first-order chi connectivity index (χ1) is 8.61. The molecule has 0 aliphatic carbocycles. The molecule has 1 aliphatic heterocycles. The number of benzene rings is 1. The van der Waals surface area contributed by atoms with E-state index in [-0.39, 0.29) is 5.91 Å². The molecular formula is C14H17BrClNO. The van der Waals surface area contributed by atoms with Gasteiger partial charge < -0.3 is 4.90 Å². The summed E-state index contributed by atoms with van der Waals surface area (Å²) < 4.78 is 0.888. The van der Waals surface area contributed by atoms with E-state index in [1.807, 2.05) is 11.0 Å². The standard InChI is InChI=1S/C14H17BrClNO/c1-2-3-10-6-7-17(9-10)14(18)12-8-11(15)4-5-13(12)16/h4-5,8,10H,2-3,6-7,9H2,1H3. The van der Waals surface area contributed by atoms with Gasteiger partial charge in [0.05, 0.1) is 10.6 Å². The zero-order valence-corrected chi connectivity index (χ0v) is 12.8. The van der Waals surface area contributed by atoms with Crippen LogP contribution < -0.4 is 0 Å². The highest BCUT2D eigenvalue weighted by molar-refractivity contribution is 9.10. The summed E-state index contributed by atoms with van der Waals surface area (Å²) in [6.07, 6.45) is 3.51. The summed E-state index contributed by atoms with van der Waals surface area (Å²) in [7, 11) is 0. The molecule has 0 bridgehead atoms. The summed E-state index contributed by atoms with van der Waals surface area (Å²) in [5.41, 5.74) is 0.600. The monoisotopic (exact) mass is 329 g/mol. The summed E-state index contributed by atoms with van der Waals surface area (Å²) in [6.45, 7) is 3.91. The van der Waals surface area contributed by atoms with E-state index in [9.17, 15) is 4.79 Å². The third-order valence-corrected chi connectivity index (χ3v) is 4.25. The fourth-order valence-corrected chi connectivity index (χ4v) is 3.05. The number of carbonyl (C=O) groups excluding carboxylic acids is 1. The lowest BCUT2D eigenvalue weighted by Gasteiger charge is -2.17. The van der Waals surface area contributed by atoms with Crippen LogP contribution in [0.15, 0.2) is 22.7 Å². The van der Waals surface area contributed by atoms with Crippen molar-refractivity contribution in [1.29, 1.82) is 0 Å². The van der Waals surface area contributed by atoms with Gasteiger partial charge >= 0.3 is 0 Å². The topological polar surface area (TPSA) is 20.3 Å². The zero-order chi connectivity index (χ0) is 13.1. The molecule has 0 spiro atoms. The fraction of sp³-hybridized carbons (Fsp3) is 0.500. The van der Waals surface area contributed by atoms with Gasteiger partial charge in [-0.05, 0) is 37.0 Å². The number of halogens is 2. The van der Waals surface area contributed by atoms with Crippen LogP contribution in [0.4, 0.5) is 0 Å². The molecule has 1 unspecified atom stereocenters. The Bertz CT molecular complexity index is 449. The molecule has 0 radical (unpaired) electrons. The Morgan fingerprint density at radius 3 is 3.06 bits per heavy atom. The van der Waals surface area contributed by atoms with Crippen LogP contribution in [-0.4, -0.2) is 23.9 Å². The van der Waals surface area contributed by atoms with Gasteiger partial charge in [-0.3, -0.25) is 4.79 Å². The predicted octanol–water partition coefficient (Wildman–Crippen LogP) is 4.36. The summed E-state index contributed by atoms with van der Waals surface area (Å²) in [4.78, 5) is 14.3. The van der Waals surface area contributed by atoms with Gasteiger partial charge in [0.25, 0.3) is 5.91 Å². The molecular weight excluding hydrogens is 314 g/mol. The van der Waals surface area contributed by atoms with Crippen LogP contribution in [0.25, 0.3) is 0 Å². The smallest absolute Gasteiger partial charge is 0.255 e. The lowest BCUT2D eigenvalue weighted by atomic mass is 10.0. The third-order valence-electron chi connectivity index (χ3n) is 3.43. The second-order valence-corrected chi connectivity index (χ2v) is 6.14. The minimum Gasteiger partial charge on any atom is -0.338 e. The Labute approximate surface area is 121 Å². The molecule has 2 nitrogen and oxygen atoms in total. The molecule has 1 fully saturated rings. The maximum Gasteiger partial charge on any atom is 0.255 e. The van der Waals surface area contributed by atoms with E-state index in [0.717, 1.165) is 24.0 Å². The van der Waals surface area contributed by atoms with Crippen LogP contribution in [0, 0.1) is 5.92 Å². The summed E-state index contributed by atoms with van der Waals surface area (Å²) in [6, 6.07) is 5.42. The van der Waals surface area contributed by atoms with Crippen molar-refractivity contribution in [2.75, 3.05) is 13.1 Å². The van der Waals surface area contributed by atoms with Crippen LogP contribution in [0.3, 0.4) is 0 Å². The first-order valence-corrected chi connectivity index (χ1v) is 7.53. The van der Waals surface area contributed by atoms with E-state index in [1.54, 1.807) is 12.1 Å². The van der Waals surface area contributed by atoms with Gasteiger partial charge in [0.1, 0.15) is 0 Å². The van der Waals surface area contributed by atoms with Crippen molar-refractivity contribution in [3.8, 4) is 0 Å². The fourth-order valence-electron chi connectivity index (χ4n) is 2.49. The normalized spacial score (nSPS) is 19.3. The Balaban J connectivity index is 2.10. The minimum absolute atomic E-state index is 0.0555. The molecule has 1 saturated heterocycles. The van der Waals surface area contributed by atoms with E-state index >= 15 is 0 Å². The van der Waals surface area contributed by atoms with Crippen LogP contribution in [-0.2, 0) is 0 Å². The Hall–Kier alpha value is -0.540. The van der Waals surface area contributed by atoms with E-state index in [2.05, 4.69) is 22.9 Å². The zero-order valence-electron chi connectivity index (χ0n) is 10.5. The van der Waals surface area contributed by atoms with Gasteiger partial charge in [0.2, 0.25) is 0 Å². The molecule has 98 valence electrons. The Morgan fingerprint density at radius 1 is 1.56 bits per heavy atom. The van der Waals surface area contributed by atoms with Crippen molar-refractivity contribution in [2.45, 2.75) is 26.2 Å². The summed E-state index contributed by atoms with van der Waals surface area (Å²) >= 11 is 9.48. The SMILES string of the molecule is CCCC1CCN(C(=O)c2cc(Br)ccc2Cl)C1. The van der Waals surface area contributed by atoms with Gasteiger partial charge in [0.15, 0.2) is 0 Å². The van der Waals surface area contributed by atoms with Crippen molar-refractivity contribution in [3.05, 3.63) is 33.3 Å². The molecule has 0 aromatic heterocycles. The molecule has 2 rings (SSSR count). The quantitative estimate of drug-likeness (QED) is 0.806. The number of amides is 1. The third kappa shape index (κ3) is 3.07. The van der Waals surface area contributed by atoms with Crippen molar-refractivity contribution in [2.24, 2.45) is 5.92 Å². The number of nitrogens with zero attached hydrogens (tertiary/aromatic N) is 1. The molecule has 1 aromatic rings. The highest BCUT2D eigenvalue weighted by Crippen LogP contribution is 2.26. The average molecular weight is 331 g/mol. The highest BCUT2D eigenvalue weighted by atomic mass is 79.9. The maximum absolute atomic E-state index is 12.4. The number of carbonyl (C=O) groups is 1. The lowest BCUT2D eigenvalue weighted by Crippen LogP contribution is -2.28. The van der Waals surface area contributed by atoms with E-state index < -0.39 is 0 Å². The van der Waals surface area contributed by atoms with Crippen LogP contribution >= 0.6 is 27.5 Å². The largest absolute Gasteiger partial charge is 0.338 e. The second-order valence-electron chi connectivity index (χ2n) is 4.82. The molecule has 1 aliphatic rings. The molecule has 18 heavy (non-hydrogen) atoms. The number of hydrogen-bond acceptors (Lipinski definition) is 1. The Kier molecular flexibility index (Phi) is 4.68. The first-order valence-electron chi connectivity index (χ1n) is 6.36. The van der Waals surface area contributed by atoms with Gasteiger partial charge in [0, 0.05) is 17.6 Å². The molecule has 1 aromatic carbocycles. The Morgan fingerprint density at radius 2 is 2.33 bits per heavy atom. The van der Waals surface area contributed by atoms with Crippen molar-refractivity contribution < 1.29 is 4.79 Å². The van der Waals surface area contributed by atoms with Crippen molar-refractivity contribution >= 4 is 33.4 Å². The minimum atomic E-state index is 0.0555. The molecule has 0 saturated carbocycles. The number of hydrogen-bond donors (Lipinski definition) is 0. The number of likely N-dealkylation sites (tertiary alicyclic amines) is 1. The second kappa shape index (κ2) is 6.07. The predicted molar refractivity (Wildman–Crippen MR) is 78.1 cm³/mol. The first kappa shape index (κ1) is 13.9. The van der Waals surface area contributed by atoms with Gasteiger partial charge in [-0.2, -0.15) is 0 Å². The molecule has 1 heterocycles. The summed E-state index contributed by atoms with van der Waals surface area (Å²) in [5, 5.41) is 0.530. The van der Waals surface area contributed by atoms with E-state index in [4.69, 9.17) is 11.6 Å². The molecule has 1 atom stereocenters. The number of rotatable bonds is 3. The lowest BCUT2D eigenvalue weighted by molar-refractivity contribution is 0.0786. The van der Waals surface area contributed by atoms with Crippen LogP contribution in [0.5, 0.6) is 0 Å². The molecule has 0 N–H and O–H groups in total. The average Bonchev–Trinajstić information content (AvgIpc) is 2.80. The van der Waals surface area contributed by atoms with Gasteiger partial charge in [-0.1, -0.05) is 40.9 Å². The summed E-state index contributed by atoms with van der Waals surface area (Å²) in [5.74, 6) is 0.713. The van der Waals surface area contributed by atoms with Crippen LogP contribution in [0.1, 0.15) is 36.5 Å². The maximum atomic E-state index is 12.4. The molecule has 1 amide bonds. The van der Waals surface area contributed by atoms with Gasteiger partial charge in [-0.15, -0.1) is 0 Å². The highest BCUT2D eigenvalue weighted by Gasteiger charge is 2.27. The van der Waals surface area contributed by atoms with Crippen molar-refractivity contribution in [3.63, 3.8) is 0 Å². The van der Waals surface area contributed by atoms with E-state index in [0.29, 0.717) is 16.5 Å².